The van der Waals surface area contributed by atoms with Crippen LogP contribution in [-0.4, -0.2) is 110 Å². The quantitative estimate of drug-likeness (QED) is 0.611. The molecule has 2 heterocycles. The van der Waals surface area contributed by atoms with Gasteiger partial charge in [-0.2, -0.15) is 4.31 Å². The normalized spacial score (nSPS) is 19.9. The average Bonchev–Trinajstić information content (AvgIpc) is 3.10. The van der Waals surface area contributed by atoms with Crippen LogP contribution >= 0.6 is 11.3 Å². The summed E-state index contributed by atoms with van der Waals surface area (Å²) in [6.07, 6.45) is 1.05. The minimum atomic E-state index is -3.30. The van der Waals surface area contributed by atoms with Crippen molar-refractivity contribution >= 4 is 44.5 Å². The van der Waals surface area contributed by atoms with Crippen LogP contribution in [0.15, 0.2) is 4.99 Å². The van der Waals surface area contributed by atoms with Gasteiger partial charge in [-0.05, 0) is 14.1 Å². The molecule has 1 fully saturated rings. The molecule has 0 saturated carbocycles. The predicted molar refractivity (Wildman–Crippen MR) is 109 cm³/mol. The van der Waals surface area contributed by atoms with E-state index in [4.69, 9.17) is 0 Å². The maximum atomic E-state index is 12.8. The molecule has 1 aliphatic carbocycles. The summed E-state index contributed by atoms with van der Waals surface area (Å²) >= 11 is 0.918. The van der Waals surface area contributed by atoms with E-state index in [1.807, 2.05) is 19.0 Å². The molecule has 12 heteroatoms. The fraction of sp³-hybridized carbons (Fsp3) is 0.588. The van der Waals surface area contributed by atoms with Crippen molar-refractivity contribution in [2.45, 2.75) is 6.42 Å². The van der Waals surface area contributed by atoms with Crippen LogP contribution in [0.1, 0.15) is 36.4 Å². The van der Waals surface area contributed by atoms with Gasteiger partial charge in [-0.25, -0.2) is 13.4 Å². The van der Waals surface area contributed by atoms with Gasteiger partial charge in [0.25, 0.3) is 5.91 Å². The zero-order chi connectivity index (χ0) is 21.3. The van der Waals surface area contributed by atoms with Gasteiger partial charge in [0.2, 0.25) is 15.8 Å². The van der Waals surface area contributed by atoms with E-state index in [1.54, 1.807) is 0 Å². The van der Waals surface area contributed by atoms with Crippen molar-refractivity contribution in [3.05, 3.63) is 15.6 Å². The Hall–Kier alpha value is -2.02. The monoisotopic (exact) mass is 441 g/mol. The number of fused-ring (bicyclic) bond motifs is 1. The number of piperazine rings is 1. The summed E-state index contributed by atoms with van der Waals surface area (Å²) in [4.78, 5) is 49.9. The second-order valence-electron chi connectivity index (χ2n) is 7.21. The average molecular weight is 442 g/mol. The number of carbonyl (C=O) groups is 3. The fourth-order valence-corrected chi connectivity index (χ4v) is 4.87. The minimum Gasteiger partial charge on any atom is -0.334 e. The number of hydrogen-bond acceptors (Lipinski definition) is 9. The first-order valence-corrected chi connectivity index (χ1v) is 11.8. The van der Waals surface area contributed by atoms with E-state index in [0.29, 0.717) is 13.1 Å². The third-order valence-corrected chi connectivity index (χ3v) is 7.10. The lowest BCUT2D eigenvalue weighted by atomic mass is 9.98. The van der Waals surface area contributed by atoms with Gasteiger partial charge >= 0.3 is 0 Å². The molecular formula is C17H23N5O5S2. The number of carbonyl (C=O) groups excluding carboxylic acids is 3. The number of ketones is 2. The van der Waals surface area contributed by atoms with Gasteiger partial charge in [0.1, 0.15) is 10.6 Å². The van der Waals surface area contributed by atoms with Crippen LogP contribution in [0.2, 0.25) is 0 Å². The zero-order valence-electron chi connectivity index (χ0n) is 16.5. The Morgan fingerprint density at radius 3 is 2.45 bits per heavy atom. The lowest BCUT2D eigenvalue weighted by Crippen LogP contribution is -2.50. The highest BCUT2D eigenvalue weighted by Gasteiger charge is 2.36. The van der Waals surface area contributed by atoms with Gasteiger partial charge < -0.3 is 9.80 Å². The molecule has 0 spiro atoms. The standard InChI is InChI=1S/C17H23N5O5S2/c1-20(2)5-4-18-11-10-12(23)15-13(14(11)24)19-16(28-15)17(25)21-6-8-22(9-7-21)29(3,26)27/h4-10H2,1-3H3. The Bertz CT molecular complexity index is 974. The summed E-state index contributed by atoms with van der Waals surface area (Å²) in [5.41, 5.74) is 0.170. The molecular weight excluding hydrogens is 418 g/mol. The fourth-order valence-electron chi connectivity index (χ4n) is 3.07. The lowest BCUT2D eigenvalue weighted by Gasteiger charge is -2.32. The number of amides is 1. The number of aliphatic imine (C=N–C) groups is 1. The largest absolute Gasteiger partial charge is 0.334 e. The molecule has 2 aliphatic rings. The molecule has 0 radical (unpaired) electrons. The molecule has 0 unspecified atom stereocenters. The number of hydrogen-bond donors (Lipinski definition) is 0. The number of likely N-dealkylation sites (N-methyl/N-ethyl adjacent to an activating group) is 1. The minimum absolute atomic E-state index is 0.00650. The van der Waals surface area contributed by atoms with Crippen molar-refractivity contribution < 1.29 is 22.8 Å². The van der Waals surface area contributed by atoms with Crippen LogP contribution < -0.4 is 0 Å². The second-order valence-corrected chi connectivity index (χ2v) is 10.2. The van der Waals surface area contributed by atoms with Crippen molar-refractivity contribution in [2.24, 2.45) is 4.99 Å². The highest BCUT2D eigenvalue weighted by Crippen LogP contribution is 2.27. The predicted octanol–water partition coefficient (Wildman–Crippen LogP) is -0.368. The molecule has 10 nitrogen and oxygen atoms in total. The number of sulfonamides is 1. The van der Waals surface area contributed by atoms with Crippen molar-refractivity contribution in [3.8, 4) is 0 Å². The van der Waals surface area contributed by atoms with Crippen LogP contribution in [0.4, 0.5) is 0 Å². The Morgan fingerprint density at radius 2 is 1.86 bits per heavy atom. The number of thiazole rings is 1. The molecule has 1 aromatic rings. The van der Waals surface area contributed by atoms with Gasteiger partial charge in [-0.3, -0.25) is 19.4 Å². The van der Waals surface area contributed by atoms with Crippen LogP contribution in [0.5, 0.6) is 0 Å². The van der Waals surface area contributed by atoms with Gasteiger partial charge in [0, 0.05) is 32.7 Å². The Balaban J connectivity index is 1.75. The van der Waals surface area contributed by atoms with E-state index < -0.39 is 21.7 Å². The summed E-state index contributed by atoms with van der Waals surface area (Å²) in [6.45, 7) is 1.92. The number of Topliss-reactive ketones (excluding diaryl/α,β-unsaturated/α-hetero) is 2. The summed E-state index contributed by atoms with van der Waals surface area (Å²) < 4.78 is 24.5. The molecule has 158 valence electrons. The Kier molecular flexibility index (Phi) is 6.27. The van der Waals surface area contributed by atoms with Crippen molar-refractivity contribution in [1.82, 2.24) is 19.1 Å². The lowest BCUT2D eigenvalue weighted by molar-refractivity contribution is 0.0697. The molecule has 1 aliphatic heterocycles. The highest BCUT2D eigenvalue weighted by molar-refractivity contribution is 7.88. The van der Waals surface area contributed by atoms with Crippen LogP contribution in [-0.2, 0) is 10.0 Å². The summed E-state index contributed by atoms with van der Waals surface area (Å²) in [5, 5.41) is 0.0686. The maximum Gasteiger partial charge on any atom is 0.282 e. The van der Waals surface area contributed by atoms with Gasteiger partial charge in [-0.1, -0.05) is 0 Å². The highest BCUT2D eigenvalue weighted by atomic mass is 32.2. The third kappa shape index (κ3) is 4.77. The molecule has 0 bridgehead atoms. The topological polar surface area (TPSA) is 120 Å². The van der Waals surface area contributed by atoms with Gasteiger partial charge in [-0.15, -0.1) is 11.3 Å². The van der Waals surface area contributed by atoms with E-state index in [9.17, 15) is 22.8 Å². The number of rotatable bonds is 5. The van der Waals surface area contributed by atoms with Gasteiger partial charge in [0.05, 0.1) is 24.9 Å². The van der Waals surface area contributed by atoms with Crippen LogP contribution in [0.3, 0.4) is 0 Å². The molecule has 3 rings (SSSR count). The maximum absolute atomic E-state index is 12.8. The van der Waals surface area contributed by atoms with E-state index in [2.05, 4.69) is 9.98 Å². The first-order valence-electron chi connectivity index (χ1n) is 9.09. The van der Waals surface area contributed by atoms with Crippen molar-refractivity contribution in [2.75, 3.05) is 59.6 Å². The molecule has 1 aromatic heterocycles. The Labute approximate surface area is 173 Å². The zero-order valence-corrected chi connectivity index (χ0v) is 18.2. The molecule has 29 heavy (non-hydrogen) atoms. The summed E-state index contributed by atoms with van der Waals surface area (Å²) in [6, 6.07) is 0. The first kappa shape index (κ1) is 21.7. The van der Waals surface area contributed by atoms with Crippen LogP contribution in [0.25, 0.3) is 0 Å². The summed E-state index contributed by atoms with van der Waals surface area (Å²) in [5.74, 6) is -1.07. The summed E-state index contributed by atoms with van der Waals surface area (Å²) in [7, 11) is 0.479. The smallest absolute Gasteiger partial charge is 0.282 e. The number of nitrogens with zero attached hydrogens (tertiary/aromatic N) is 5. The molecule has 1 amide bonds. The molecule has 0 atom stereocenters. The van der Waals surface area contributed by atoms with Gasteiger partial charge in [0.15, 0.2) is 10.8 Å². The first-order chi connectivity index (χ1) is 13.6. The van der Waals surface area contributed by atoms with Crippen LogP contribution in [0, 0.1) is 0 Å². The SMILES string of the molecule is CN(C)CCN=C1CC(=O)c2sc(C(=O)N3CCN(S(C)(=O)=O)CC3)nc2C1=O. The molecule has 0 N–H and O–H groups in total. The van der Waals surface area contributed by atoms with E-state index in [-0.39, 0.29) is 59.7 Å². The molecule has 0 aromatic carbocycles. The second kappa shape index (κ2) is 8.38. The van der Waals surface area contributed by atoms with E-state index in [0.717, 1.165) is 17.6 Å². The third-order valence-electron chi connectivity index (χ3n) is 4.71. The van der Waals surface area contributed by atoms with E-state index >= 15 is 0 Å². The van der Waals surface area contributed by atoms with Crippen molar-refractivity contribution in [3.63, 3.8) is 0 Å². The van der Waals surface area contributed by atoms with E-state index in [1.165, 1.54) is 9.21 Å². The molecule has 1 saturated heterocycles. The Morgan fingerprint density at radius 1 is 1.21 bits per heavy atom. The number of aromatic nitrogens is 1. The van der Waals surface area contributed by atoms with Crippen molar-refractivity contribution in [1.29, 1.82) is 0 Å².